The first-order valence-corrected chi connectivity index (χ1v) is 5.83. The fraction of sp³-hybridized carbons (Fsp3) is 0.538. The average Bonchev–Trinajstić information content (AvgIpc) is 2.27. The number of rotatable bonds is 7. The molecule has 3 heteroatoms. The fourth-order valence-electron chi connectivity index (χ4n) is 1.21. The molecule has 1 aromatic rings. The highest BCUT2D eigenvalue weighted by Crippen LogP contribution is 2.17. The van der Waals surface area contributed by atoms with Crippen LogP contribution in [0.2, 0.25) is 0 Å². The van der Waals surface area contributed by atoms with Crippen LogP contribution < -0.4 is 15.2 Å². The van der Waals surface area contributed by atoms with Gasteiger partial charge >= 0.3 is 0 Å². The second-order valence-corrected chi connectivity index (χ2v) is 3.93. The van der Waals surface area contributed by atoms with Gasteiger partial charge in [0.2, 0.25) is 0 Å². The topological polar surface area (TPSA) is 44.5 Å². The second kappa shape index (κ2) is 7.12. The lowest BCUT2D eigenvalue weighted by atomic mass is 10.3. The van der Waals surface area contributed by atoms with Gasteiger partial charge in [-0.05, 0) is 44.0 Å². The minimum absolute atomic E-state index is 0.187. The summed E-state index contributed by atoms with van der Waals surface area (Å²) in [5, 5.41) is 0. The molecular weight excluding hydrogens is 202 g/mol. The summed E-state index contributed by atoms with van der Waals surface area (Å²) in [5.74, 6) is 1.76. The lowest BCUT2D eigenvalue weighted by Crippen LogP contribution is -2.18. The highest BCUT2D eigenvalue weighted by atomic mass is 16.5. The molecule has 1 unspecified atom stereocenters. The molecule has 1 rings (SSSR count). The van der Waals surface area contributed by atoms with Gasteiger partial charge in [0, 0.05) is 6.04 Å². The van der Waals surface area contributed by atoms with Crippen molar-refractivity contribution in [3.8, 4) is 11.5 Å². The van der Waals surface area contributed by atoms with E-state index in [2.05, 4.69) is 6.92 Å². The van der Waals surface area contributed by atoms with Crippen molar-refractivity contribution < 1.29 is 9.47 Å². The monoisotopic (exact) mass is 223 g/mol. The molecule has 0 aromatic heterocycles. The Kier molecular flexibility index (Phi) is 5.72. The van der Waals surface area contributed by atoms with Crippen molar-refractivity contribution in [3.63, 3.8) is 0 Å². The number of hydrogen-bond acceptors (Lipinski definition) is 3. The zero-order chi connectivity index (χ0) is 11.8. The summed E-state index contributed by atoms with van der Waals surface area (Å²) in [7, 11) is 0. The van der Waals surface area contributed by atoms with Gasteiger partial charge in [-0.15, -0.1) is 0 Å². The lowest BCUT2D eigenvalue weighted by molar-refractivity contribution is 0.297. The van der Waals surface area contributed by atoms with Crippen molar-refractivity contribution >= 4 is 0 Å². The highest BCUT2D eigenvalue weighted by Gasteiger charge is 1.97. The van der Waals surface area contributed by atoms with E-state index in [0.29, 0.717) is 6.61 Å². The van der Waals surface area contributed by atoms with E-state index in [1.807, 2.05) is 31.2 Å². The van der Waals surface area contributed by atoms with Crippen LogP contribution in [0, 0.1) is 0 Å². The molecule has 2 N–H and O–H groups in total. The maximum atomic E-state index is 5.64. The van der Waals surface area contributed by atoms with Gasteiger partial charge in [0.25, 0.3) is 0 Å². The van der Waals surface area contributed by atoms with Crippen molar-refractivity contribution in [3.05, 3.63) is 24.3 Å². The molecule has 90 valence electrons. The van der Waals surface area contributed by atoms with E-state index in [1.165, 1.54) is 0 Å². The number of ether oxygens (including phenoxy) is 2. The van der Waals surface area contributed by atoms with Gasteiger partial charge in [0.15, 0.2) is 0 Å². The summed E-state index contributed by atoms with van der Waals surface area (Å²) in [6.07, 6.45) is 1.89. The van der Waals surface area contributed by atoms with E-state index >= 15 is 0 Å². The second-order valence-electron chi connectivity index (χ2n) is 3.93. The maximum Gasteiger partial charge on any atom is 0.119 e. The molecule has 0 amide bonds. The molecule has 0 saturated carbocycles. The van der Waals surface area contributed by atoms with E-state index in [1.54, 1.807) is 0 Å². The van der Waals surface area contributed by atoms with Crippen LogP contribution in [0.1, 0.15) is 26.7 Å². The van der Waals surface area contributed by atoms with Crippen LogP contribution in [0.4, 0.5) is 0 Å². The fourth-order valence-corrected chi connectivity index (χ4v) is 1.21. The van der Waals surface area contributed by atoms with Gasteiger partial charge in [0.1, 0.15) is 11.5 Å². The summed E-state index contributed by atoms with van der Waals surface area (Å²) in [5.41, 5.74) is 5.64. The van der Waals surface area contributed by atoms with Crippen LogP contribution in [0.15, 0.2) is 24.3 Å². The smallest absolute Gasteiger partial charge is 0.119 e. The summed E-state index contributed by atoms with van der Waals surface area (Å²) in [4.78, 5) is 0. The third-order valence-corrected chi connectivity index (χ3v) is 2.14. The Balaban J connectivity index is 2.33. The molecule has 0 fully saturated rings. The Labute approximate surface area is 97.6 Å². The Morgan fingerprint density at radius 1 is 1.06 bits per heavy atom. The standard InChI is InChI=1S/C13H21NO2/c1-3-9-15-12-4-6-13(7-5-12)16-10-8-11(2)14/h4-7,11H,3,8-10,14H2,1-2H3. The predicted molar refractivity (Wildman–Crippen MR) is 66.0 cm³/mol. The van der Waals surface area contributed by atoms with E-state index in [-0.39, 0.29) is 6.04 Å². The third-order valence-electron chi connectivity index (χ3n) is 2.14. The van der Waals surface area contributed by atoms with Crippen molar-refractivity contribution in [1.82, 2.24) is 0 Å². The molecule has 1 atom stereocenters. The van der Waals surface area contributed by atoms with Crippen molar-refractivity contribution in [2.45, 2.75) is 32.7 Å². The summed E-state index contributed by atoms with van der Waals surface area (Å²) < 4.78 is 11.0. The van der Waals surface area contributed by atoms with Gasteiger partial charge in [-0.3, -0.25) is 0 Å². The van der Waals surface area contributed by atoms with Crippen LogP contribution in [0.25, 0.3) is 0 Å². The van der Waals surface area contributed by atoms with E-state index in [0.717, 1.165) is 30.9 Å². The molecule has 0 saturated heterocycles. The quantitative estimate of drug-likeness (QED) is 0.772. The van der Waals surface area contributed by atoms with Crippen LogP contribution in [0.3, 0.4) is 0 Å². The van der Waals surface area contributed by atoms with Crippen molar-refractivity contribution in [2.24, 2.45) is 5.73 Å². The Bertz CT molecular complexity index is 282. The Morgan fingerprint density at radius 2 is 1.56 bits per heavy atom. The third kappa shape index (κ3) is 5.03. The SMILES string of the molecule is CCCOc1ccc(OCCC(C)N)cc1. The van der Waals surface area contributed by atoms with Gasteiger partial charge in [0.05, 0.1) is 13.2 Å². The zero-order valence-corrected chi connectivity index (χ0v) is 10.1. The molecule has 0 aliphatic rings. The molecule has 0 heterocycles. The van der Waals surface area contributed by atoms with Gasteiger partial charge in [-0.25, -0.2) is 0 Å². The lowest BCUT2D eigenvalue weighted by Gasteiger charge is -2.09. The largest absolute Gasteiger partial charge is 0.494 e. The van der Waals surface area contributed by atoms with Crippen LogP contribution >= 0.6 is 0 Å². The van der Waals surface area contributed by atoms with Gasteiger partial charge in [-0.1, -0.05) is 6.92 Å². The molecule has 0 radical (unpaired) electrons. The maximum absolute atomic E-state index is 5.64. The van der Waals surface area contributed by atoms with E-state index in [4.69, 9.17) is 15.2 Å². The summed E-state index contributed by atoms with van der Waals surface area (Å²) in [6, 6.07) is 7.89. The first kappa shape index (κ1) is 12.8. The Hall–Kier alpha value is -1.22. The molecule has 0 spiro atoms. The van der Waals surface area contributed by atoms with Crippen molar-refractivity contribution in [2.75, 3.05) is 13.2 Å². The van der Waals surface area contributed by atoms with Gasteiger partial charge in [-0.2, -0.15) is 0 Å². The molecule has 0 aliphatic carbocycles. The number of hydrogen-bond donors (Lipinski definition) is 1. The minimum atomic E-state index is 0.187. The van der Waals surface area contributed by atoms with Gasteiger partial charge < -0.3 is 15.2 Å². The highest BCUT2D eigenvalue weighted by molar-refractivity contribution is 5.31. The Morgan fingerprint density at radius 3 is 2.00 bits per heavy atom. The molecule has 0 bridgehead atoms. The van der Waals surface area contributed by atoms with E-state index in [9.17, 15) is 0 Å². The molecular formula is C13H21NO2. The zero-order valence-electron chi connectivity index (χ0n) is 10.1. The van der Waals surface area contributed by atoms with E-state index < -0.39 is 0 Å². The molecule has 0 aliphatic heterocycles. The summed E-state index contributed by atoms with van der Waals surface area (Å²) >= 11 is 0. The van der Waals surface area contributed by atoms with Crippen LogP contribution in [-0.4, -0.2) is 19.3 Å². The summed E-state index contributed by atoms with van der Waals surface area (Å²) in [6.45, 7) is 5.48. The molecule has 1 aromatic carbocycles. The molecule has 16 heavy (non-hydrogen) atoms. The average molecular weight is 223 g/mol. The first-order chi connectivity index (χ1) is 7.72. The number of nitrogens with two attached hydrogens (primary N) is 1. The van der Waals surface area contributed by atoms with Crippen LogP contribution in [-0.2, 0) is 0 Å². The predicted octanol–water partition coefficient (Wildman–Crippen LogP) is 2.59. The first-order valence-electron chi connectivity index (χ1n) is 5.83. The van der Waals surface area contributed by atoms with Crippen LogP contribution in [0.5, 0.6) is 11.5 Å². The van der Waals surface area contributed by atoms with Crippen molar-refractivity contribution in [1.29, 1.82) is 0 Å². The number of benzene rings is 1. The molecule has 3 nitrogen and oxygen atoms in total. The normalized spacial score (nSPS) is 12.2. The minimum Gasteiger partial charge on any atom is -0.494 e.